The van der Waals surface area contributed by atoms with Gasteiger partial charge in [-0.2, -0.15) is 0 Å². The lowest BCUT2D eigenvalue weighted by Crippen LogP contribution is -2.30. The van der Waals surface area contributed by atoms with Crippen molar-refractivity contribution in [2.75, 3.05) is 6.54 Å². The van der Waals surface area contributed by atoms with Crippen LogP contribution in [0.5, 0.6) is 0 Å². The fourth-order valence-corrected chi connectivity index (χ4v) is 1.13. The van der Waals surface area contributed by atoms with Gasteiger partial charge in [0.25, 0.3) is 11.8 Å². The Labute approximate surface area is 72.2 Å². The molecule has 0 aliphatic carbocycles. The fourth-order valence-electron chi connectivity index (χ4n) is 0.718. The van der Waals surface area contributed by atoms with E-state index in [1.807, 2.05) is 0 Å². The van der Waals surface area contributed by atoms with Crippen molar-refractivity contribution in [2.24, 2.45) is 0 Å². The molecule has 3 nitrogen and oxygen atoms in total. The Morgan fingerprint density at radius 3 is 2.64 bits per heavy atom. The molecule has 0 unspecified atom stereocenters. The molecule has 2 amide bonds. The SMILES string of the molecule is C#CCN1C(=O)C=C(Br)C1=O. The minimum absolute atomic E-state index is 0.0310. The molecule has 1 heterocycles. The number of amides is 2. The van der Waals surface area contributed by atoms with Gasteiger partial charge in [-0.3, -0.25) is 14.5 Å². The molecule has 0 aromatic heterocycles. The highest BCUT2D eigenvalue weighted by Crippen LogP contribution is 2.16. The number of hydrogen-bond donors (Lipinski definition) is 0. The standard InChI is InChI=1S/C7H4BrNO2/c1-2-3-9-6(10)4-5(8)7(9)11/h1,4H,3H2. The fraction of sp³-hybridized carbons (Fsp3) is 0.143. The van der Waals surface area contributed by atoms with Crippen LogP contribution < -0.4 is 0 Å². The van der Waals surface area contributed by atoms with Gasteiger partial charge in [0, 0.05) is 6.08 Å². The highest BCUT2D eigenvalue weighted by Gasteiger charge is 2.28. The van der Waals surface area contributed by atoms with Gasteiger partial charge in [-0.15, -0.1) is 6.42 Å². The third-order valence-electron chi connectivity index (χ3n) is 1.22. The smallest absolute Gasteiger partial charge is 0.268 e. The molecule has 1 aliphatic heterocycles. The van der Waals surface area contributed by atoms with Crippen LogP contribution in [0.1, 0.15) is 0 Å². The summed E-state index contributed by atoms with van der Waals surface area (Å²) >= 11 is 2.93. The summed E-state index contributed by atoms with van der Waals surface area (Å²) in [6.45, 7) is 0.0310. The number of carbonyl (C=O) groups excluding carboxylic acids is 2. The highest BCUT2D eigenvalue weighted by atomic mass is 79.9. The molecule has 4 heteroatoms. The summed E-state index contributed by atoms with van der Waals surface area (Å²) in [6.07, 6.45) is 6.15. The average Bonchev–Trinajstić information content (AvgIpc) is 2.17. The van der Waals surface area contributed by atoms with Crippen molar-refractivity contribution in [2.45, 2.75) is 0 Å². The predicted molar refractivity (Wildman–Crippen MR) is 42.6 cm³/mol. The molecule has 1 aliphatic rings. The zero-order valence-electron chi connectivity index (χ0n) is 5.50. The second-order valence-corrected chi connectivity index (χ2v) is 2.78. The molecule has 0 saturated heterocycles. The van der Waals surface area contributed by atoms with Crippen molar-refractivity contribution < 1.29 is 9.59 Å². The number of terminal acetylenes is 1. The number of nitrogens with zero attached hydrogens (tertiary/aromatic N) is 1. The number of carbonyl (C=O) groups is 2. The topological polar surface area (TPSA) is 37.4 Å². The van der Waals surface area contributed by atoms with Crippen molar-refractivity contribution in [3.05, 3.63) is 10.6 Å². The van der Waals surface area contributed by atoms with Crippen LogP contribution in [-0.4, -0.2) is 23.3 Å². The van der Waals surface area contributed by atoms with Crippen molar-refractivity contribution in [3.8, 4) is 12.3 Å². The summed E-state index contributed by atoms with van der Waals surface area (Å²) in [5.41, 5.74) is 0. The van der Waals surface area contributed by atoms with E-state index in [4.69, 9.17) is 6.42 Å². The van der Waals surface area contributed by atoms with E-state index >= 15 is 0 Å². The second kappa shape index (κ2) is 2.89. The number of imide groups is 1. The molecule has 0 aromatic rings. The van der Waals surface area contributed by atoms with E-state index in [1.54, 1.807) is 0 Å². The predicted octanol–water partition coefficient (Wildman–Crippen LogP) is 0.267. The largest absolute Gasteiger partial charge is 0.269 e. The summed E-state index contributed by atoms with van der Waals surface area (Å²) in [7, 11) is 0. The first-order valence-corrected chi connectivity index (χ1v) is 3.62. The van der Waals surface area contributed by atoms with E-state index in [-0.39, 0.29) is 22.8 Å². The maximum Gasteiger partial charge on any atom is 0.268 e. The molecule has 0 fully saturated rings. The van der Waals surface area contributed by atoms with Crippen LogP contribution in [0.25, 0.3) is 0 Å². The van der Waals surface area contributed by atoms with E-state index in [2.05, 4.69) is 21.9 Å². The first-order valence-electron chi connectivity index (χ1n) is 2.83. The first kappa shape index (κ1) is 8.02. The minimum Gasteiger partial charge on any atom is -0.269 e. The normalized spacial score (nSPS) is 16.7. The van der Waals surface area contributed by atoms with E-state index in [0.717, 1.165) is 4.90 Å². The van der Waals surface area contributed by atoms with Gasteiger partial charge in [0.2, 0.25) is 0 Å². The van der Waals surface area contributed by atoms with Crippen LogP contribution in [0, 0.1) is 12.3 Å². The molecule has 56 valence electrons. The van der Waals surface area contributed by atoms with Crippen molar-refractivity contribution in [1.29, 1.82) is 0 Å². The minimum atomic E-state index is -0.368. The van der Waals surface area contributed by atoms with Crippen LogP contribution >= 0.6 is 15.9 Å². The molecule has 11 heavy (non-hydrogen) atoms. The third kappa shape index (κ3) is 1.33. The molecule has 0 N–H and O–H groups in total. The molecule has 0 atom stereocenters. The summed E-state index contributed by atoms with van der Waals surface area (Å²) in [5, 5.41) is 0. The summed E-state index contributed by atoms with van der Waals surface area (Å²) < 4.78 is 0.262. The first-order chi connectivity index (χ1) is 5.16. The molecule has 0 radical (unpaired) electrons. The Kier molecular flexibility index (Phi) is 2.11. The molecule has 1 rings (SSSR count). The van der Waals surface area contributed by atoms with Crippen molar-refractivity contribution >= 4 is 27.7 Å². The van der Waals surface area contributed by atoms with Crippen LogP contribution in [-0.2, 0) is 9.59 Å². The maximum atomic E-state index is 11.0. The summed E-state index contributed by atoms with van der Waals surface area (Å²) in [6, 6.07) is 0. The van der Waals surface area contributed by atoms with Gasteiger partial charge in [0.1, 0.15) is 0 Å². The Balaban J connectivity index is 2.83. The van der Waals surface area contributed by atoms with E-state index in [1.165, 1.54) is 6.08 Å². The quantitative estimate of drug-likeness (QED) is 0.464. The monoisotopic (exact) mass is 213 g/mol. The van der Waals surface area contributed by atoms with Crippen LogP contribution in [0.15, 0.2) is 10.6 Å². The van der Waals surface area contributed by atoms with Gasteiger partial charge < -0.3 is 0 Å². The zero-order valence-corrected chi connectivity index (χ0v) is 7.09. The van der Waals surface area contributed by atoms with Crippen molar-refractivity contribution in [3.63, 3.8) is 0 Å². The van der Waals surface area contributed by atoms with Crippen LogP contribution in [0.2, 0.25) is 0 Å². The van der Waals surface area contributed by atoms with E-state index < -0.39 is 0 Å². The van der Waals surface area contributed by atoms with E-state index in [9.17, 15) is 9.59 Å². The van der Waals surface area contributed by atoms with Gasteiger partial charge in [0.05, 0.1) is 11.0 Å². The lowest BCUT2D eigenvalue weighted by atomic mass is 10.5. The number of halogens is 1. The van der Waals surface area contributed by atoms with E-state index in [0.29, 0.717) is 0 Å². The second-order valence-electron chi connectivity index (χ2n) is 1.93. The van der Waals surface area contributed by atoms with Gasteiger partial charge >= 0.3 is 0 Å². The molecule has 0 saturated carbocycles. The van der Waals surface area contributed by atoms with Gasteiger partial charge in [-0.1, -0.05) is 5.92 Å². The number of hydrogen-bond acceptors (Lipinski definition) is 2. The maximum absolute atomic E-state index is 11.0. The third-order valence-corrected chi connectivity index (χ3v) is 1.78. The lowest BCUT2D eigenvalue weighted by Gasteiger charge is -2.08. The summed E-state index contributed by atoms with van der Waals surface area (Å²) in [5.74, 6) is 1.49. The van der Waals surface area contributed by atoms with Crippen LogP contribution in [0.4, 0.5) is 0 Å². The lowest BCUT2D eigenvalue weighted by molar-refractivity contribution is -0.136. The average molecular weight is 214 g/mol. The molecular formula is C7H4BrNO2. The van der Waals surface area contributed by atoms with Gasteiger partial charge in [-0.25, -0.2) is 0 Å². The Morgan fingerprint density at radius 1 is 1.64 bits per heavy atom. The Hall–Kier alpha value is -1.08. The summed E-state index contributed by atoms with van der Waals surface area (Å²) in [4.78, 5) is 22.9. The van der Waals surface area contributed by atoms with Gasteiger partial charge in [-0.05, 0) is 15.9 Å². The van der Waals surface area contributed by atoms with Crippen molar-refractivity contribution in [1.82, 2.24) is 4.90 Å². The molecule has 0 aromatic carbocycles. The Morgan fingerprint density at radius 2 is 2.27 bits per heavy atom. The molecular weight excluding hydrogens is 210 g/mol. The number of rotatable bonds is 1. The van der Waals surface area contributed by atoms with Crippen LogP contribution in [0.3, 0.4) is 0 Å². The van der Waals surface area contributed by atoms with Gasteiger partial charge in [0.15, 0.2) is 0 Å². The molecule has 0 spiro atoms. The zero-order chi connectivity index (χ0) is 8.43. The molecule has 0 bridgehead atoms. The Bertz CT molecular complexity index is 287. The highest BCUT2D eigenvalue weighted by molar-refractivity contribution is 9.12.